The van der Waals surface area contributed by atoms with E-state index in [1.165, 1.54) is 0 Å². The van der Waals surface area contributed by atoms with E-state index in [0.29, 0.717) is 5.92 Å². The summed E-state index contributed by atoms with van der Waals surface area (Å²) >= 11 is 0. The Labute approximate surface area is 74.2 Å². The zero-order valence-electron chi connectivity index (χ0n) is 6.91. The zero-order valence-corrected chi connectivity index (χ0v) is 6.91. The summed E-state index contributed by atoms with van der Waals surface area (Å²) in [7, 11) is 0. The Bertz CT molecular complexity index is 363. The van der Waals surface area contributed by atoms with E-state index in [4.69, 9.17) is 4.74 Å². The van der Waals surface area contributed by atoms with Crippen molar-refractivity contribution >= 4 is 11.9 Å². The number of ether oxygens (including phenoxy) is 2. The molecule has 2 saturated carbocycles. The zero-order chi connectivity index (χ0) is 8.84. The van der Waals surface area contributed by atoms with Crippen LogP contribution >= 0.6 is 0 Å². The van der Waals surface area contributed by atoms with Crippen LogP contribution in [0.5, 0.6) is 0 Å². The Balaban J connectivity index is 1.96. The predicted molar refractivity (Wildman–Crippen MR) is 38.5 cm³/mol. The maximum Gasteiger partial charge on any atom is 0.350 e. The molecule has 2 saturated heterocycles. The number of epoxide rings is 1. The van der Waals surface area contributed by atoms with Crippen LogP contribution in [0.15, 0.2) is 0 Å². The van der Waals surface area contributed by atoms with Gasteiger partial charge in [0, 0.05) is 0 Å². The van der Waals surface area contributed by atoms with Crippen molar-refractivity contribution in [3.05, 3.63) is 0 Å². The first-order valence-electron chi connectivity index (χ1n) is 4.66. The molecule has 4 unspecified atom stereocenters. The molecule has 0 aromatic rings. The van der Waals surface area contributed by atoms with E-state index in [1.54, 1.807) is 0 Å². The standard InChI is InChI=1S/C9H8O4/c10-6-5-4-1-2-8(3-4)9(5,13-8)7(11)12-6/h4-5H,1-3H2. The fourth-order valence-corrected chi connectivity index (χ4v) is 3.67. The Hall–Kier alpha value is -0.900. The van der Waals surface area contributed by atoms with Gasteiger partial charge in [-0.15, -0.1) is 0 Å². The normalized spacial score (nSPS) is 60.6. The van der Waals surface area contributed by atoms with Gasteiger partial charge in [0.15, 0.2) is 0 Å². The molecule has 68 valence electrons. The smallest absolute Gasteiger partial charge is 0.350 e. The van der Waals surface area contributed by atoms with E-state index in [9.17, 15) is 9.59 Å². The average Bonchev–Trinajstić information content (AvgIpc) is 2.37. The van der Waals surface area contributed by atoms with Crippen molar-refractivity contribution in [1.29, 1.82) is 0 Å². The van der Waals surface area contributed by atoms with Gasteiger partial charge in [-0.25, -0.2) is 4.79 Å². The topological polar surface area (TPSA) is 55.9 Å². The number of carbonyl (C=O) groups excluding carboxylic acids is 2. The molecule has 0 aromatic carbocycles. The molecule has 0 amide bonds. The monoisotopic (exact) mass is 180 g/mol. The molecule has 4 fully saturated rings. The molecule has 4 heteroatoms. The third-order valence-electron chi connectivity index (χ3n) is 4.16. The lowest BCUT2D eigenvalue weighted by Crippen LogP contribution is -2.34. The second kappa shape index (κ2) is 1.43. The summed E-state index contributed by atoms with van der Waals surface area (Å²) in [4.78, 5) is 22.8. The van der Waals surface area contributed by atoms with Crippen LogP contribution < -0.4 is 0 Å². The van der Waals surface area contributed by atoms with Crippen molar-refractivity contribution in [3.8, 4) is 0 Å². The molecule has 4 atom stereocenters. The summed E-state index contributed by atoms with van der Waals surface area (Å²) in [5.74, 6) is -0.708. The molecule has 2 aliphatic heterocycles. The molecule has 2 heterocycles. The molecule has 2 aliphatic carbocycles. The first kappa shape index (κ1) is 6.54. The summed E-state index contributed by atoms with van der Waals surface area (Å²) in [5.41, 5.74) is -1.10. The van der Waals surface area contributed by atoms with Crippen LogP contribution in [0, 0.1) is 11.8 Å². The van der Waals surface area contributed by atoms with Gasteiger partial charge in [0.1, 0.15) is 11.5 Å². The summed E-state index contributed by atoms with van der Waals surface area (Å²) < 4.78 is 10.2. The minimum Gasteiger partial charge on any atom is -0.391 e. The highest BCUT2D eigenvalue weighted by molar-refractivity contribution is 6.05. The quantitative estimate of drug-likeness (QED) is 0.299. The van der Waals surface area contributed by atoms with E-state index in [2.05, 4.69) is 4.74 Å². The number of esters is 2. The Morgan fingerprint density at radius 3 is 3.00 bits per heavy atom. The number of carbonyl (C=O) groups is 2. The number of hydrogen-bond acceptors (Lipinski definition) is 4. The van der Waals surface area contributed by atoms with Crippen LogP contribution in [0.2, 0.25) is 0 Å². The predicted octanol–water partition coefficient (Wildman–Crippen LogP) is 0.00750. The lowest BCUT2D eigenvalue weighted by molar-refractivity contribution is -0.154. The van der Waals surface area contributed by atoms with Gasteiger partial charge < -0.3 is 9.47 Å². The Kier molecular flexibility index (Phi) is 0.721. The maximum absolute atomic E-state index is 11.4. The number of rotatable bonds is 0. The minimum absolute atomic E-state index is 0.270. The lowest BCUT2D eigenvalue weighted by Gasteiger charge is -2.14. The molecule has 2 bridgehead atoms. The van der Waals surface area contributed by atoms with E-state index in [-0.39, 0.29) is 17.5 Å². The average molecular weight is 180 g/mol. The van der Waals surface area contributed by atoms with E-state index >= 15 is 0 Å². The van der Waals surface area contributed by atoms with Crippen LogP contribution in [-0.4, -0.2) is 23.1 Å². The van der Waals surface area contributed by atoms with Gasteiger partial charge in [-0.3, -0.25) is 4.79 Å². The summed E-state index contributed by atoms with van der Waals surface area (Å²) in [6.07, 6.45) is 2.82. The first-order valence-corrected chi connectivity index (χ1v) is 4.66. The van der Waals surface area contributed by atoms with Crippen molar-refractivity contribution in [2.45, 2.75) is 30.5 Å². The molecular formula is C9H8O4. The second-order valence-corrected chi connectivity index (χ2v) is 4.52. The molecule has 4 aliphatic rings. The van der Waals surface area contributed by atoms with Gasteiger partial charge in [0.05, 0.1) is 0 Å². The van der Waals surface area contributed by atoms with E-state index in [0.717, 1.165) is 19.3 Å². The number of hydrogen-bond donors (Lipinski definition) is 0. The highest BCUT2D eigenvalue weighted by Crippen LogP contribution is 2.74. The molecule has 0 N–H and O–H groups in total. The lowest BCUT2D eigenvalue weighted by atomic mass is 9.81. The second-order valence-electron chi connectivity index (χ2n) is 4.52. The van der Waals surface area contributed by atoms with Crippen LogP contribution in [0.1, 0.15) is 19.3 Å². The minimum atomic E-state index is -0.812. The fraction of sp³-hybridized carbons (Fsp3) is 0.778. The van der Waals surface area contributed by atoms with Gasteiger partial charge in [0.2, 0.25) is 5.60 Å². The Morgan fingerprint density at radius 2 is 2.23 bits per heavy atom. The molecule has 0 radical (unpaired) electrons. The summed E-state index contributed by atoms with van der Waals surface area (Å²) in [5, 5.41) is 0. The maximum atomic E-state index is 11.4. The van der Waals surface area contributed by atoms with Gasteiger partial charge in [-0.05, 0) is 25.2 Å². The third-order valence-corrected chi connectivity index (χ3v) is 4.16. The first-order chi connectivity index (χ1) is 6.20. The molecular weight excluding hydrogens is 172 g/mol. The van der Waals surface area contributed by atoms with E-state index < -0.39 is 11.6 Å². The molecule has 13 heavy (non-hydrogen) atoms. The van der Waals surface area contributed by atoms with Gasteiger partial charge in [-0.2, -0.15) is 0 Å². The molecule has 4 rings (SSSR count). The van der Waals surface area contributed by atoms with Crippen molar-refractivity contribution in [1.82, 2.24) is 0 Å². The highest BCUT2D eigenvalue weighted by atomic mass is 16.7. The number of cyclic esters (lactones) is 2. The van der Waals surface area contributed by atoms with Gasteiger partial charge in [-0.1, -0.05) is 0 Å². The Morgan fingerprint density at radius 1 is 1.38 bits per heavy atom. The highest BCUT2D eigenvalue weighted by Gasteiger charge is 2.90. The van der Waals surface area contributed by atoms with Crippen LogP contribution in [-0.2, 0) is 19.1 Å². The summed E-state index contributed by atoms with van der Waals surface area (Å²) in [6.45, 7) is 0. The van der Waals surface area contributed by atoms with Crippen LogP contribution in [0.3, 0.4) is 0 Å². The van der Waals surface area contributed by atoms with Gasteiger partial charge in [0.25, 0.3) is 0 Å². The summed E-state index contributed by atoms with van der Waals surface area (Å²) in [6, 6.07) is 0. The van der Waals surface area contributed by atoms with Crippen molar-refractivity contribution in [2.75, 3.05) is 0 Å². The van der Waals surface area contributed by atoms with E-state index in [1.807, 2.05) is 0 Å². The molecule has 4 nitrogen and oxygen atoms in total. The number of fused-ring (bicyclic) bond motifs is 2. The van der Waals surface area contributed by atoms with Crippen molar-refractivity contribution < 1.29 is 19.1 Å². The molecule has 2 spiro atoms. The van der Waals surface area contributed by atoms with Crippen LogP contribution in [0.4, 0.5) is 0 Å². The largest absolute Gasteiger partial charge is 0.391 e. The van der Waals surface area contributed by atoms with Crippen LogP contribution in [0.25, 0.3) is 0 Å². The van der Waals surface area contributed by atoms with Crippen molar-refractivity contribution in [3.63, 3.8) is 0 Å². The van der Waals surface area contributed by atoms with Gasteiger partial charge >= 0.3 is 11.9 Å². The van der Waals surface area contributed by atoms with Crippen molar-refractivity contribution in [2.24, 2.45) is 11.8 Å². The third kappa shape index (κ3) is 0.414. The fourth-order valence-electron chi connectivity index (χ4n) is 3.67. The SMILES string of the molecule is O=C1OC(=O)C23OC24CCC(C4)C13. The molecule has 0 aromatic heterocycles.